The first kappa shape index (κ1) is 56.2. The Labute approximate surface area is 385 Å². The second-order valence-electron chi connectivity index (χ2n) is 14.8. The molecule has 0 aromatic carbocycles. The Morgan fingerprint density at radius 1 is 0.735 bits per heavy atom. The van der Waals surface area contributed by atoms with Crippen LogP contribution in [0.3, 0.4) is 0 Å². The minimum Gasteiger partial charge on any atom is -0.480 e. The number of aliphatic carboxylic acids is 2. The van der Waals surface area contributed by atoms with Gasteiger partial charge >= 0.3 is 11.9 Å². The smallest absolute Gasteiger partial charge is 0.319 e. The van der Waals surface area contributed by atoms with Crippen molar-refractivity contribution in [1.29, 1.82) is 0 Å². The molecule has 22 N–H and O–H groups in total. The standard InChI is InChI=1S/C21H39N7O12.2C8H9N3O3/c1-5-21(36,4-30)16(40-17-9(26-2)13(34)10(31)6(3-29)38-17)18(37-5)39-15-8(28-20(24)25)11(32)7(27-19(22)23)12(33)14(15)35;2*12-7(13)5-10-11-8(14)6-1-3-9-4-2-6/h4-18,26,29,31-36H,3H2,1-2H3,(H4,22,23,27)(H4,24,25,28);2*1-4,10H,5H2,(H,11,14)(H,12,13)/t5-,6-,7+,8+,9-,10-,11+,12-,13-,14+,15+,16-,17+,18-,21+;;/m0../s1. The summed E-state index contributed by atoms with van der Waals surface area (Å²) < 4.78 is 22.9. The van der Waals surface area contributed by atoms with E-state index in [4.69, 9.17) is 52.1 Å². The number of carboxylic acid groups (broad SMARTS) is 2. The minimum absolute atomic E-state index is 0.140. The lowest BCUT2D eigenvalue weighted by Crippen LogP contribution is -2.66. The van der Waals surface area contributed by atoms with Crippen molar-refractivity contribution in [2.45, 2.75) is 98.2 Å². The van der Waals surface area contributed by atoms with Crippen molar-refractivity contribution >= 4 is 42.0 Å². The molecular weight excluding hydrogens is 914 g/mol. The number of amides is 2. The molecule has 5 rings (SSSR count). The van der Waals surface area contributed by atoms with E-state index in [0.29, 0.717) is 11.1 Å². The summed E-state index contributed by atoms with van der Waals surface area (Å²) in [7, 11) is 1.42. The van der Waals surface area contributed by atoms with Gasteiger partial charge < -0.3 is 93.2 Å². The van der Waals surface area contributed by atoms with Gasteiger partial charge in [0.05, 0.1) is 18.8 Å². The molecule has 2 aromatic rings. The number of nitrogens with zero attached hydrogens (tertiary/aromatic N) is 4. The first-order valence-electron chi connectivity index (χ1n) is 20.1. The zero-order valence-electron chi connectivity index (χ0n) is 36.2. The first-order chi connectivity index (χ1) is 32.1. The molecule has 4 heterocycles. The van der Waals surface area contributed by atoms with Crippen LogP contribution >= 0.6 is 0 Å². The summed E-state index contributed by atoms with van der Waals surface area (Å²) in [5, 5.41) is 93.2. The fraction of sp³-hybridized carbons (Fsp3) is 0.541. The van der Waals surface area contributed by atoms with Gasteiger partial charge in [0.15, 0.2) is 36.4 Å². The number of rotatable bonds is 17. The molecular formula is C37H57N13O18. The van der Waals surface area contributed by atoms with Crippen LogP contribution in [0.25, 0.3) is 0 Å². The summed E-state index contributed by atoms with van der Waals surface area (Å²) in [6.07, 6.45) is -11.4. The van der Waals surface area contributed by atoms with E-state index in [0.717, 1.165) is 0 Å². The number of hydrogen-bond donors (Lipinski definition) is 18. The number of carbonyl (C=O) groups is 5. The summed E-state index contributed by atoms with van der Waals surface area (Å²) in [6, 6.07) is 2.02. The summed E-state index contributed by atoms with van der Waals surface area (Å²) in [6.45, 7) is -0.0252. The number of aldehydes is 1. The lowest BCUT2D eigenvalue weighted by Gasteiger charge is -2.45. The fourth-order valence-corrected chi connectivity index (χ4v) is 6.63. The van der Waals surface area contributed by atoms with Crippen molar-refractivity contribution in [1.82, 2.24) is 37.0 Å². The number of hydrazine groups is 2. The van der Waals surface area contributed by atoms with Crippen LogP contribution in [0, 0.1) is 0 Å². The Bertz CT molecular complexity index is 1940. The number of aliphatic hydroxyl groups is 7. The molecule has 68 heavy (non-hydrogen) atoms. The van der Waals surface area contributed by atoms with Crippen LogP contribution in [-0.4, -0.2) is 216 Å². The number of nitrogens with one attached hydrogen (secondary N) is 5. The van der Waals surface area contributed by atoms with Crippen LogP contribution in [0.15, 0.2) is 59.0 Å². The van der Waals surface area contributed by atoms with E-state index in [2.05, 4.69) is 47.0 Å². The maximum atomic E-state index is 12.1. The average Bonchev–Trinajstić information content (AvgIpc) is 3.54. The molecule has 31 heteroatoms. The first-order valence-corrected chi connectivity index (χ1v) is 20.1. The molecule has 2 saturated heterocycles. The van der Waals surface area contributed by atoms with Crippen LogP contribution < -0.4 is 50.0 Å². The topological polar surface area (TPSA) is 519 Å². The lowest BCUT2D eigenvalue weighted by molar-refractivity contribution is -0.314. The second-order valence-corrected chi connectivity index (χ2v) is 14.8. The molecule has 0 radical (unpaired) electrons. The molecule has 0 spiro atoms. The number of carbonyl (C=O) groups excluding carboxylic acids is 3. The molecule has 3 aliphatic rings. The van der Waals surface area contributed by atoms with E-state index in [1.807, 2.05) is 0 Å². The number of ether oxygens (including phenoxy) is 4. The third-order valence-electron chi connectivity index (χ3n) is 10.1. The third-order valence-corrected chi connectivity index (χ3v) is 10.1. The molecule has 3 fully saturated rings. The minimum atomic E-state index is -2.38. The highest BCUT2D eigenvalue weighted by atomic mass is 16.8. The van der Waals surface area contributed by atoms with Crippen molar-refractivity contribution in [3.8, 4) is 0 Å². The van der Waals surface area contributed by atoms with Crippen LogP contribution in [0.2, 0.25) is 0 Å². The third kappa shape index (κ3) is 15.2. The summed E-state index contributed by atoms with van der Waals surface area (Å²) >= 11 is 0. The average molecular weight is 972 g/mol. The number of guanidine groups is 2. The zero-order valence-corrected chi connectivity index (χ0v) is 36.2. The lowest BCUT2D eigenvalue weighted by atomic mass is 9.81. The van der Waals surface area contributed by atoms with Gasteiger partial charge in [-0.05, 0) is 38.2 Å². The van der Waals surface area contributed by atoms with E-state index in [1.165, 1.54) is 63.0 Å². The van der Waals surface area contributed by atoms with E-state index in [9.17, 15) is 59.7 Å². The Kier molecular flexibility index (Phi) is 21.8. The number of aliphatic hydroxyl groups excluding tert-OH is 6. The SMILES string of the molecule is CN[C@@H]1[C@@H](O[C@H]2[C@H](O[C@H]3[C@H](O)[C@@H](O)[C@H](N=C(N)N)[C@@H](O)[C@H]3N=C(N)N)O[C@@H](C)[C@]2(O)C=O)O[C@@H](CO)[C@H](O)[C@H]1O.O=C(O)CNNC(=O)c1ccncc1.O=C(O)CNNC(=O)c1ccncc1. The monoisotopic (exact) mass is 971 g/mol. The van der Waals surface area contributed by atoms with Crippen LogP contribution in [0.4, 0.5) is 0 Å². The molecule has 2 aliphatic heterocycles. The number of aromatic nitrogens is 2. The molecule has 2 aromatic heterocycles. The Balaban J connectivity index is 0.000000353. The number of carboxylic acids is 2. The van der Waals surface area contributed by atoms with Crippen molar-refractivity contribution in [3.05, 3.63) is 60.2 Å². The quantitative estimate of drug-likeness (QED) is 0.0303. The van der Waals surface area contributed by atoms with Gasteiger partial charge in [-0.15, -0.1) is 0 Å². The maximum absolute atomic E-state index is 12.1. The highest BCUT2D eigenvalue weighted by molar-refractivity contribution is 5.94. The molecule has 1 aliphatic carbocycles. The van der Waals surface area contributed by atoms with Crippen LogP contribution in [-0.2, 0) is 33.3 Å². The van der Waals surface area contributed by atoms with Gasteiger partial charge in [-0.25, -0.2) is 20.8 Å². The largest absolute Gasteiger partial charge is 0.480 e. The van der Waals surface area contributed by atoms with Gasteiger partial charge in [-0.3, -0.25) is 44.8 Å². The number of likely N-dealkylation sites (N-methyl/N-ethyl adjacent to an activating group) is 1. The van der Waals surface area contributed by atoms with E-state index in [1.54, 1.807) is 0 Å². The molecule has 31 nitrogen and oxygen atoms in total. The van der Waals surface area contributed by atoms with Crippen molar-refractivity contribution in [3.63, 3.8) is 0 Å². The Hall–Kier alpha value is -6.17. The second kappa shape index (κ2) is 26.4. The Morgan fingerprint density at radius 2 is 1.22 bits per heavy atom. The molecule has 0 bridgehead atoms. The number of nitrogens with two attached hydrogens (primary N) is 4. The summed E-state index contributed by atoms with van der Waals surface area (Å²) in [4.78, 5) is 69.8. The van der Waals surface area contributed by atoms with Gasteiger partial charge in [0.1, 0.15) is 74.0 Å². The van der Waals surface area contributed by atoms with Crippen molar-refractivity contribution in [2.24, 2.45) is 32.9 Å². The van der Waals surface area contributed by atoms with Crippen molar-refractivity contribution in [2.75, 3.05) is 26.7 Å². The van der Waals surface area contributed by atoms with E-state index in [-0.39, 0.29) is 19.4 Å². The highest BCUT2D eigenvalue weighted by Crippen LogP contribution is 2.38. The van der Waals surface area contributed by atoms with Gasteiger partial charge in [-0.2, -0.15) is 0 Å². The van der Waals surface area contributed by atoms with Gasteiger partial charge in [0.25, 0.3) is 11.8 Å². The Morgan fingerprint density at radius 3 is 1.65 bits per heavy atom. The molecule has 2 amide bonds. The van der Waals surface area contributed by atoms with Gasteiger partial charge in [0, 0.05) is 35.9 Å². The number of aliphatic imine (C=N–C) groups is 2. The van der Waals surface area contributed by atoms with E-state index < -0.39 is 134 Å². The zero-order chi connectivity index (χ0) is 50.9. The molecule has 0 unspecified atom stereocenters. The van der Waals surface area contributed by atoms with E-state index >= 15 is 0 Å². The van der Waals surface area contributed by atoms with Crippen molar-refractivity contribution < 1.29 is 88.9 Å². The number of pyridine rings is 2. The maximum Gasteiger partial charge on any atom is 0.319 e. The predicted molar refractivity (Wildman–Crippen MR) is 228 cm³/mol. The molecule has 15 atom stereocenters. The predicted octanol–water partition coefficient (Wildman–Crippen LogP) is -9.36. The molecule has 1 saturated carbocycles. The normalized spacial score (nSPS) is 31.8. The van der Waals surface area contributed by atoms with Crippen LogP contribution in [0.1, 0.15) is 27.6 Å². The fourth-order valence-electron chi connectivity index (χ4n) is 6.63. The molecule has 378 valence electrons. The summed E-state index contributed by atoms with van der Waals surface area (Å²) in [5.74, 6) is -3.91. The van der Waals surface area contributed by atoms with Crippen LogP contribution in [0.5, 0.6) is 0 Å². The number of hydrogen-bond acceptors (Lipinski definition) is 23. The van der Waals surface area contributed by atoms with Gasteiger partial charge in [0.2, 0.25) is 0 Å². The van der Waals surface area contributed by atoms with Gasteiger partial charge in [-0.1, -0.05) is 0 Å². The summed E-state index contributed by atoms with van der Waals surface area (Å²) in [5.41, 5.74) is 29.2. The highest BCUT2D eigenvalue weighted by Gasteiger charge is 2.61.